The van der Waals surface area contributed by atoms with Crippen molar-refractivity contribution in [2.75, 3.05) is 32.6 Å². The van der Waals surface area contributed by atoms with E-state index in [1.807, 2.05) is 50.2 Å². The lowest BCUT2D eigenvalue weighted by Gasteiger charge is -2.13. The monoisotopic (exact) mass is 321 g/mol. The molecule has 2 N–H and O–H groups in total. The molecule has 0 saturated carbocycles. The van der Waals surface area contributed by atoms with Crippen molar-refractivity contribution in [1.82, 2.24) is 10.3 Å². The first-order valence-electron chi connectivity index (χ1n) is 7.17. The highest BCUT2D eigenvalue weighted by atomic mass is 32.1. The zero-order valence-corrected chi connectivity index (χ0v) is 14.3. The molecule has 0 aliphatic rings. The van der Waals surface area contributed by atoms with E-state index < -0.39 is 6.10 Å². The van der Waals surface area contributed by atoms with Crippen LogP contribution in [0.2, 0.25) is 0 Å². The standard InChI is InChI=1S/C16H23N3O2S/c1-11-15(22-16(18-11)19(2)3)10-17-9-14(20)12-6-5-7-13(8-12)21-4/h5-8,14,17,20H,9-10H2,1-4H3. The molecule has 120 valence electrons. The van der Waals surface area contributed by atoms with Crippen molar-refractivity contribution in [3.05, 3.63) is 40.4 Å². The van der Waals surface area contributed by atoms with Gasteiger partial charge in [0, 0.05) is 32.1 Å². The van der Waals surface area contributed by atoms with Gasteiger partial charge in [-0.3, -0.25) is 0 Å². The van der Waals surface area contributed by atoms with E-state index in [0.717, 1.165) is 22.1 Å². The SMILES string of the molecule is COc1cccc(C(O)CNCc2sc(N(C)C)nc2C)c1. The van der Waals surface area contributed by atoms with Crippen LogP contribution in [-0.2, 0) is 6.54 Å². The highest BCUT2D eigenvalue weighted by Gasteiger charge is 2.11. The van der Waals surface area contributed by atoms with E-state index in [1.165, 1.54) is 4.88 Å². The second-order valence-electron chi connectivity index (χ2n) is 5.32. The van der Waals surface area contributed by atoms with Gasteiger partial charge in [0.15, 0.2) is 5.13 Å². The Hall–Kier alpha value is -1.63. The van der Waals surface area contributed by atoms with E-state index in [1.54, 1.807) is 18.4 Å². The van der Waals surface area contributed by atoms with E-state index >= 15 is 0 Å². The van der Waals surface area contributed by atoms with Gasteiger partial charge in [0.2, 0.25) is 0 Å². The summed E-state index contributed by atoms with van der Waals surface area (Å²) in [5.74, 6) is 0.755. The molecular weight excluding hydrogens is 298 g/mol. The van der Waals surface area contributed by atoms with E-state index in [2.05, 4.69) is 10.3 Å². The molecule has 0 aliphatic carbocycles. The molecule has 22 heavy (non-hydrogen) atoms. The van der Waals surface area contributed by atoms with Crippen LogP contribution in [0, 0.1) is 6.92 Å². The lowest BCUT2D eigenvalue weighted by atomic mass is 10.1. The molecule has 5 nitrogen and oxygen atoms in total. The van der Waals surface area contributed by atoms with Gasteiger partial charge in [-0.05, 0) is 24.6 Å². The van der Waals surface area contributed by atoms with Crippen LogP contribution >= 0.6 is 11.3 Å². The van der Waals surface area contributed by atoms with Crippen LogP contribution in [0.4, 0.5) is 5.13 Å². The van der Waals surface area contributed by atoms with E-state index in [0.29, 0.717) is 13.1 Å². The first kappa shape index (κ1) is 16.7. The summed E-state index contributed by atoms with van der Waals surface area (Å²) in [6, 6.07) is 7.51. The Balaban J connectivity index is 1.90. The summed E-state index contributed by atoms with van der Waals surface area (Å²) in [6.45, 7) is 3.21. The summed E-state index contributed by atoms with van der Waals surface area (Å²) >= 11 is 1.67. The van der Waals surface area contributed by atoms with Gasteiger partial charge in [0.1, 0.15) is 5.75 Å². The van der Waals surface area contributed by atoms with Crippen molar-refractivity contribution in [3.8, 4) is 5.75 Å². The summed E-state index contributed by atoms with van der Waals surface area (Å²) < 4.78 is 5.18. The molecule has 1 atom stereocenters. The number of rotatable bonds is 7. The van der Waals surface area contributed by atoms with Crippen LogP contribution in [0.25, 0.3) is 0 Å². The molecule has 0 bridgehead atoms. The number of methoxy groups -OCH3 is 1. The maximum Gasteiger partial charge on any atom is 0.185 e. The number of benzene rings is 1. The molecule has 1 heterocycles. The maximum atomic E-state index is 10.2. The third kappa shape index (κ3) is 4.19. The first-order chi connectivity index (χ1) is 10.5. The van der Waals surface area contributed by atoms with Crippen molar-refractivity contribution in [2.45, 2.75) is 19.6 Å². The average Bonchev–Trinajstić information content (AvgIpc) is 2.89. The average molecular weight is 321 g/mol. The summed E-state index contributed by atoms with van der Waals surface area (Å²) in [6.07, 6.45) is -0.559. The van der Waals surface area contributed by atoms with Crippen molar-refractivity contribution in [1.29, 1.82) is 0 Å². The second-order valence-corrected chi connectivity index (χ2v) is 6.38. The number of aromatic nitrogens is 1. The van der Waals surface area contributed by atoms with Crippen LogP contribution < -0.4 is 15.0 Å². The van der Waals surface area contributed by atoms with Crippen molar-refractivity contribution in [3.63, 3.8) is 0 Å². The smallest absolute Gasteiger partial charge is 0.185 e. The topological polar surface area (TPSA) is 57.6 Å². The fraction of sp³-hybridized carbons (Fsp3) is 0.438. The largest absolute Gasteiger partial charge is 0.497 e. The van der Waals surface area contributed by atoms with Gasteiger partial charge in [-0.25, -0.2) is 4.98 Å². The fourth-order valence-electron chi connectivity index (χ4n) is 2.06. The molecule has 1 aromatic carbocycles. The van der Waals surface area contributed by atoms with E-state index in [4.69, 9.17) is 4.74 Å². The third-order valence-electron chi connectivity index (χ3n) is 3.37. The Morgan fingerprint density at radius 2 is 2.18 bits per heavy atom. The molecule has 2 rings (SSSR count). The van der Waals surface area contributed by atoms with Crippen molar-refractivity contribution < 1.29 is 9.84 Å². The number of aryl methyl sites for hydroxylation is 1. The third-order valence-corrected chi connectivity index (χ3v) is 4.69. The van der Waals surface area contributed by atoms with Crippen LogP contribution in [0.15, 0.2) is 24.3 Å². The number of aliphatic hydroxyl groups excluding tert-OH is 1. The Morgan fingerprint density at radius 1 is 1.41 bits per heavy atom. The Morgan fingerprint density at radius 3 is 2.82 bits per heavy atom. The normalized spacial score (nSPS) is 12.2. The van der Waals surface area contributed by atoms with Gasteiger partial charge < -0.3 is 20.1 Å². The van der Waals surface area contributed by atoms with Gasteiger partial charge in [-0.15, -0.1) is 11.3 Å². The zero-order chi connectivity index (χ0) is 16.1. The summed E-state index contributed by atoms with van der Waals surface area (Å²) in [7, 11) is 5.60. The number of hydrogen-bond donors (Lipinski definition) is 2. The lowest BCUT2D eigenvalue weighted by molar-refractivity contribution is 0.174. The lowest BCUT2D eigenvalue weighted by Crippen LogP contribution is -2.21. The number of nitrogens with zero attached hydrogens (tertiary/aromatic N) is 2. The van der Waals surface area contributed by atoms with Gasteiger partial charge in [0.25, 0.3) is 0 Å². The number of ether oxygens (including phenoxy) is 1. The predicted octanol–water partition coefficient (Wildman–Crippen LogP) is 2.35. The molecule has 1 aromatic heterocycles. The van der Waals surface area contributed by atoms with Gasteiger partial charge in [-0.1, -0.05) is 12.1 Å². The number of aliphatic hydroxyl groups is 1. The molecule has 0 amide bonds. The number of anilines is 1. The molecule has 6 heteroatoms. The van der Waals surface area contributed by atoms with Crippen molar-refractivity contribution in [2.24, 2.45) is 0 Å². The van der Waals surface area contributed by atoms with Crippen LogP contribution in [0.1, 0.15) is 22.2 Å². The quantitative estimate of drug-likeness (QED) is 0.820. The molecule has 1 unspecified atom stereocenters. The zero-order valence-electron chi connectivity index (χ0n) is 13.5. The summed E-state index contributed by atoms with van der Waals surface area (Å²) in [5.41, 5.74) is 1.89. The molecule has 0 radical (unpaired) electrons. The minimum absolute atomic E-state index is 0.488. The van der Waals surface area contributed by atoms with Gasteiger partial charge in [0.05, 0.1) is 18.9 Å². The Bertz CT molecular complexity index is 613. The van der Waals surface area contributed by atoms with E-state index in [-0.39, 0.29) is 0 Å². The van der Waals surface area contributed by atoms with E-state index in [9.17, 15) is 5.11 Å². The number of thiazole rings is 1. The Labute approximate surface area is 135 Å². The van der Waals surface area contributed by atoms with Gasteiger partial charge >= 0.3 is 0 Å². The molecular formula is C16H23N3O2S. The van der Waals surface area contributed by atoms with Crippen LogP contribution in [0.5, 0.6) is 5.75 Å². The molecule has 2 aromatic rings. The van der Waals surface area contributed by atoms with Crippen LogP contribution in [-0.4, -0.2) is 37.8 Å². The summed E-state index contributed by atoms with van der Waals surface area (Å²) in [4.78, 5) is 7.72. The molecule has 0 fully saturated rings. The maximum absolute atomic E-state index is 10.2. The van der Waals surface area contributed by atoms with Gasteiger partial charge in [-0.2, -0.15) is 0 Å². The minimum atomic E-state index is -0.559. The predicted molar refractivity (Wildman–Crippen MR) is 90.8 cm³/mol. The van der Waals surface area contributed by atoms with Crippen LogP contribution in [0.3, 0.4) is 0 Å². The molecule has 0 spiro atoms. The highest BCUT2D eigenvalue weighted by molar-refractivity contribution is 7.15. The number of hydrogen-bond acceptors (Lipinski definition) is 6. The highest BCUT2D eigenvalue weighted by Crippen LogP contribution is 2.24. The molecule has 0 saturated heterocycles. The summed E-state index contributed by atoms with van der Waals surface area (Å²) in [5, 5.41) is 14.5. The fourth-order valence-corrected chi connectivity index (χ4v) is 3.01. The Kier molecular flexibility index (Phi) is 5.76. The number of nitrogens with one attached hydrogen (secondary N) is 1. The second kappa shape index (κ2) is 7.58. The molecule has 0 aliphatic heterocycles. The first-order valence-corrected chi connectivity index (χ1v) is 7.99. The minimum Gasteiger partial charge on any atom is -0.497 e. The van der Waals surface area contributed by atoms with Crippen molar-refractivity contribution >= 4 is 16.5 Å².